The van der Waals surface area contributed by atoms with E-state index in [1.807, 2.05) is 84.9 Å². The number of fused-ring (bicyclic) bond motifs is 4. The van der Waals surface area contributed by atoms with Gasteiger partial charge in [0.2, 0.25) is 0 Å². The van der Waals surface area contributed by atoms with Crippen LogP contribution in [0.15, 0.2) is 93.9 Å². The molecule has 0 aliphatic carbocycles. The zero-order chi connectivity index (χ0) is 29.4. The lowest BCUT2D eigenvalue weighted by molar-refractivity contribution is 0.104. The Kier molecular flexibility index (Phi) is 7.75. The van der Waals surface area contributed by atoms with Crippen LogP contribution in [0.5, 0.6) is 11.5 Å². The zero-order valence-electron chi connectivity index (χ0n) is 22.7. The van der Waals surface area contributed by atoms with Crippen molar-refractivity contribution in [2.24, 2.45) is 0 Å². The molecule has 6 aromatic rings. The lowest BCUT2D eigenvalue weighted by Crippen LogP contribution is -2.11. The summed E-state index contributed by atoms with van der Waals surface area (Å²) in [6, 6.07) is 27.4. The molecular formula is C34H24Br2O6. The summed E-state index contributed by atoms with van der Waals surface area (Å²) in [5.74, 6) is 0.847. The predicted molar refractivity (Wildman–Crippen MR) is 173 cm³/mol. The lowest BCUT2D eigenvalue weighted by atomic mass is 9.85. The van der Waals surface area contributed by atoms with E-state index in [-0.39, 0.29) is 13.2 Å². The maximum atomic E-state index is 12.6. The second kappa shape index (κ2) is 11.6. The van der Waals surface area contributed by atoms with Gasteiger partial charge in [-0.3, -0.25) is 0 Å². The van der Waals surface area contributed by atoms with Gasteiger partial charge in [-0.05, 0) is 82.9 Å². The van der Waals surface area contributed by atoms with Crippen LogP contribution >= 0.6 is 31.9 Å². The Labute approximate surface area is 258 Å². The molecule has 0 atom stereocenters. The molecule has 6 rings (SSSR count). The van der Waals surface area contributed by atoms with Crippen LogP contribution < -0.4 is 9.47 Å². The first-order valence-electron chi connectivity index (χ1n) is 13.4. The van der Waals surface area contributed by atoms with Crippen LogP contribution in [0, 0.1) is 0 Å². The van der Waals surface area contributed by atoms with Crippen molar-refractivity contribution in [2.75, 3.05) is 13.2 Å². The summed E-state index contributed by atoms with van der Waals surface area (Å²) in [4.78, 5) is 25.1. The molecule has 0 saturated heterocycles. The van der Waals surface area contributed by atoms with Crippen LogP contribution in [-0.2, 0) is 9.47 Å². The van der Waals surface area contributed by atoms with Crippen LogP contribution in [0.2, 0.25) is 0 Å². The molecule has 0 aliphatic rings. The fourth-order valence-electron chi connectivity index (χ4n) is 5.44. The number of carbonyl (C=O) groups is 2. The minimum atomic E-state index is -0.764. The molecule has 0 N–H and O–H groups in total. The lowest BCUT2D eigenvalue weighted by Gasteiger charge is -2.21. The third-order valence-electron chi connectivity index (χ3n) is 7.02. The van der Waals surface area contributed by atoms with E-state index in [1.54, 1.807) is 13.8 Å². The van der Waals surface area contributed by atoms with Gasteiger partial charge in [0.1, 0.15) is 11.5 Å². The molecule has 0 spiro atoms. The van der Waals surface area contributed by atoms with Gasteiger partial charge < -0.3 is 18.9 Å². The summed E-state index contributed by atoms with van der Waals surface area (Å²) in [6.07, 6.45) is -1.53. The molecule has 8 heteroatoms. The van der Waals surface area contributed by atoms with E-state index in [1.165, 1.54) is 0 Å². The van der Waals surface area contributed by atoms with Gasteiger partial charge in [0.15, 0.2) is 0 Å². The third-order valence-corrected chi connectivity index (χ3v) is 8.00. The van der Waals surface area contributed by atoms with Crippen LogP contribution in [0.1, 0.15) is 13.8 Å². The highest BCUT2D eigenvalue weighted by molar-refractivity contribution is 9.10. The normalized spacial score (nSPS) is 11.2. The minimum absolute atomic E-state index is 0.200. The van der Waals surface area contributed by atoms with Crippen molar-refractivity contribution in [1.29, 1.82) is 0 Å². The number of carbonyl (C=O) groups excluding carboxylic acids is 2. The Bertz CT molecular complexity index is 1890. The summed E-state index contributed by atoms with van der Waals surface area (Å²) < 4.78 is 23.7. The van der Waals surface area contributed by atoms with Crippen LogP contribution in [0.4, 0.5) is 9.59 Å². The first-order chi connectivity index (χ1) is 20.4. The van der Waals surface area contributed by atoms with Crippen molar-refractivity contribution in [3.8, 4) is 22.6 Å². The van der Waals surface area contributed by atoms with E-state index in [4.69, 9.17) is 18.9 Å². The summed E-state index contributed by atoms with van der Waals surface area (Å²) in [5.41, 5.74) is 1.89. The smallest absolute Gasteiger partial charge is 0.434 e. The van der Waals surface area contributed by atoms with E-state index in [0.29, 0.717) is 11.5 Å². The average Bonchev–Trinajstić information content (AvgIpc) is 2.98. The quantitative estimate of drug-likeness (QED) is 0.102. The maximum Gasteiger partial charge on any atom is 0.513 e. The molecule has 0 unspecified atom stereocenters. The topological polar surface area (TPSA) is 71.1 Å². The Morgan fingerprint density at radius 1 is 0.524 bits per heavy atom. The molecule has 0 bridgehead atoms. The zero-order valence-corrected chi connectivity index (χ0v) is 25.9. The van der Waals surface area contributed by atoms with Crippen molar-refractivity contribution >= 4 is 87.3 Å². The Hall–Kier alpha value is -4.14. The first kappa shape index (κ1) is 28.0. The summed E-state index contributed by atoms with van der Waals surface area (Å²) in [6.45, 7) is 3.87. The fraction of sp³-hybridized carbons (Fsp3) is 0.118. The molecule has 42 heavy (non-hydrogen) atoms. The predicted octanol–water partition coefficient (Wildman–Crippen LogP) is 10.6. The van der Waals surface area contributed by atoms with Gasteiger partial charge >= 0.3 is 12.3 Å². The van der Waals surface area contributed by atoms with Crippen molar-refractivity contribution in [3.05, 3.63) is 93.9 Å². The molecule has 0 fully saturated rings. The largest absolute Gasteiger partial charge is 0.513 e. The Morgan fingerprint density at radius 2 is 0.881 bits per heavy atom. The standard InChI is InChI=1S/C34H24Br2O6/c1-3-39-33(37)41-31-23-11-7-5-9-21(23)29(27-17-19(35)13-15-25(27)31)30-22-10-6-8-12-24(22)32(42-34(38)40-4-2)26-16-14-20(36)18-28(26)30/h5-18H,3-4H2,1-2H3. The van der Waals surface area contributed by atoms with Gasteiger partial charge in [-0.25, -0.2) is 9.59 Å². The molecule has 0 heterocycles. The number of benzene rings is 6. The van der Waals surface area contributed by atoms with Crippen LogP contribution in [0.25, 0.3) is 54.2 Å². The van der Waals surface area contributed by atoms with Gasteiger partial charge in [-0.1, -0.05) is 80.4 Å². The van der Waals surface area contributed by atoms with Crippen LogP contribution in [0.3, 0.4) is 0 Å². The van der Waals surface area contributed by atoms with Crippen molar-refractivity contribution in [3.63, 3.8) is 0 Å². The van der Waals surface area contributed by atoms with Crippen molar-refractivity contribution < 1.29 is 28.5 Å². The van der Waals surface area contributed by atoms with E-state index < -0.39 is 12.3 Å². The molecule has 6 aromatic carbocycles. The summed E-state index contributed by atoms with van der Waals surface area (Å²) in [5, 5.41) is 6.52. The highest BCUT2D eigenvalue weighted by atomic mass is 79.9. The molecule has 0 aliphatic heterocycles. The first-order valence-corrected chi connectivity index (χ1v) is 15.0. The van der Waals surface area contributed by atoms with E-state index >= 15 is 0 Å². The Balaban J connectivity index is 1.80. The summed E-state index contributed by atoms with van der Waals surface area (Å²) in [7, 11) is 0. The number of ether oxygens (including phenoxy) is 4. The second-order valence-electron chi connectivity index (χ2n) is 9.45. The van der Waals surface area contributed by atoms with Crippen LogP contribution in [-0.4, -0.2) is 25.5 Å². The van der Waals surface area contributed by atoms with E-state index in [2.05, 4.69) is 31.9 Å². The van der Waals surface area contributed by atoms with Gasteiger partial charge in [0.25, 0.3) is 0 Å². The molecule has 0 radical (unpaired) electrons. The van der Waals surface area contributed by atoms with Gasteiger partial charge in [-0.2, -0.15) is 0 Å². The third kappa shape index (κ3) is 4.95. The molecule has 0 aromatic heterocycles. The minimum Gasteiger partial charge on any atom is -0.434 e. The van der Waals surface area contributed by atoms with E-state index in [9.17, 15) is 9.59 Å². The highest BCUT2D eigenvalue weighted by Gasteiger charge is 2.24. The number of hydrogen-bond acceptors (Lipinski definition) is 6. The fourth-order valence-corrected chi connectivity index (χ4v) is 6.16. The van der Waals surface area contributed by atoms with Crippen molar-refractivity contribution in [1.82, 2.24) is 0 Å². The molecule has 0 amide bonds. The van der Waals surface area contributed by atoms with Gasteiger partial charge in [-0.15, -0.1) is 0 Å². The average molecular weight is 688 g/mol. The second-order valence-corrected chi connectivity index (χ2v) is 11.3. The molecular weight excluding hydrogens is 664 g/mol. The number of hydrogen-bond donors (Lipinski definition) is 0. The van der Waals surface area contributed by atoms with E-state index in [0.717, 1.165) is 63.2 Å². The highest BCUT2D eigenvalue weighted by Crippen LogP contribution is 2.50. The molecule has 6 nitrogen and oxygen atoms in total. The van der Waals surface area contributed by atoms with Gasteiger partial charge in [0, 0.05) is 30.5 Å². The Morgan fingerprint density at radius 3 is 1.26 bits per heavy atom. The molecule has 0 saturated carbocycles. The number of halogens is 2. The monoisotopic (exact) mass is 686 g/mol. The van der Waals surface area contributed by atoms with Crippen molar-refractivity contribution in [2.45, 2.75) is 13.8 Å². The molecule has 210 valence electrons. The van der Waals surface area contributed by atoms with Gasteiger partial charge in [0.05, 0.1) is 13.2 Å². The maximum absolute atomic E-state index is 12.6. The SMILES string of the molecule is CCOC(=O)Oc1c2ccccc2c(-c2c3ccccc3c(OC(=O)OCC)c3ccc(Br)cc23)c2cc(Br)ccc12. The summed E-state index contributed by atoms with van der Waals surface area (Å²) >= 11 is 7.31. The number of rotatable bonds is 5.